The molecule has 1 aromatic carbocycles. The van der Waals surface area contributed by atoms with Gasteiger partial charge < -0.3 is 19.2 Å². The fraction of sp³-hybridized carbons (Fsp3) is 0.625. The summed E-state index contributed by atoms with van der Waals surface area (Å²) in [5.41, 5.74) is 0.776. The van der Waals surface area contributed by atoms with Crippen molar-refractivity contribution in [3.8, 4) is 0 Å². The molecule has 0 spiro atoms. The van der Waals surface area contributed by atoms with Gasteiger partial charge in [-0.2, -0.15) is 0 Å². The molecular formula is C24H37NO6Si. The van der Waals surface area contributed by atoms with Crippen LogP contribution >= 0.6 is 0 Å². The summed E-state index contributed by atoms with van der Waals surface area (Å²) in [6.45, 7) is 13.4. The van der Waals surface area contributed by atoms with Crippen LogP contribution in [0.2, 0.25) is 16.6 Å². The summed E-state index contributed by atoms with van der Waals surface area (Å²) >= 11 is 0. The molecule has 1 aliphatic rings. The average molecular weight is 464 g/mol. The van der Waals surface area contributed by atoms with E-state index in [-0.39, 0.29) is 13.0 Å². The Morgan fingerprint density at radius 2 is 1.44 bits per heavy atom. The van der Waals surface area contributed by atoms with E-state index in [0.29, 0.717) is 27.9 Å². The number of hydrogen-bond donors (Lipinski definition) is 1. The minimum atomic E-state index is -2.22. The van der Waals surface area contributed by atoms with Crippen LogP contribution in [0.15, 0.2) is 24.3 Å². The van der Waals surface area contributed by atoms with E-state index in [4.69, 9.17) is 13.9 Å². The van der Waals surface area contributed by atoms with Crippen molar-refractivity contribution in [2.75, 3.05) is 26.1 Å². The van der Waals surface area contributed by atoms with Gasteiger partial charge in [-0.1, -0.05) is 59.7 Å². The van der Waals surface area contributed by atoms with E-state index in [1.165, 1.54) is 14.2 Å². The van der Waals surface area contributed by atoms with Crippen LogP contribution in [0, 0.1) is 5.92 Å². The van der Waals surface area contributed by atoms with E-state index in [1.807, 2.05) is 0 Å². The molecule has 0 unspecified atom stereocenters. The second-order valence-electron chi connectivity index (χ2n) is 9.37. The first-order valence-electron chi connectivity index (χ1n) is 11.2. The van der Waals surface area contributed by atoms with Crippen LogP contribution in [0.3, 0.4) is 0 Å². The number of benzene rings is 1. The topological polar surface area (TPSA) is 90.9 Å². The van der Waals surface area contributed by atoms with Gasteiger partial charge in [-0.3, -0.25) is 14.4 Å². The predicted octanol–water partition coefficient (Wildman–Crippen LogP) is 4.42. The van der Waals surface area contributed by atoms with Crippen LogP contribution in [-0.2, 0) is 33.7 Å². The van der Waals surface area contributed by atoms with Gasteiger partial charge in [-0.05, 0) is 34.7 Å². The van der Waals surface area contributed by atoms with Gasteiger partial charge in [0.25, 0.3) is 0 Å². The van der Waals surface area contributed by atoms with Gasteiger partial charge in [-0.15, -0.1) is 0 Å². The molecule has 0 aliphatic carbocycles. The summed E-state index contributed by atoms with van der Waals surface area (Å²) in [7, 11) is 0.192. The Morgan fingerprint density at radius 3 is 1.91 bits per heavy atom. The highest BCUT2D eigenvalue weighted by Gasteiger charge is 2.59. The van der Waals surface area contributed by atoms with E-state index in [1.54, 1.807) is 24.3 Å². The van der Waals surface area contributed by atoms with E-state index in [9.17, 15) is 14.4 Å². The molecule has 2 rings (SSSR count). The van der Waals surface area contributed by atoms with E-state index in [2.05, 4.69) is 46.9 Å². The van der Waals surface area contributed by atoms with Gasteiger partial charge in [0.1, 0.15) is 5.41 Å². The lowest BCUT2D eigenvalue weighted by Gasteiger charge is -2.43. The Kier molecular flexibility index (Phi) is 8.28. The number of rotatable bonds is 10. The number of carbonyl (C=O) groups is 3. The largest absolute Gasteiger partial charge is 0.468 e. The third-order valence-electron chi connectivity index (χ3n) is 6.98. The zero-order valence-electron chi connectivity index (χ0n) is 20.5. The van der Waals surface area contributed by atoms with Gasteiger partial charge in [0.15, 0.2) is 14.2 Å². The lowest BCUT2D eigenvalue weighted by Crippen LogP contribution is -2.52. The number of methoxy groups -OCH3 is 2. The van der Waals surface area contributed by atoms with Crippen molar-refractivity contribution in [3.63, 3.8) is 0 Å². The Balaban J connectivity index is 2.56. The van der Waals surface area contributed by atoms with Gasteiger partial charge in [0, 0.05) is 12.3 Å². The smallest absolute Gasteiger partial charge is 0.321 e. The highest BCUT2D eigenvalue weighted by atomic mass is 28.4. The maximum atomic E-state index is 13.4. The predicted molar refractivity (Wildman–Crippen MR) is 126 cm³/mol. The van der Waals surface area contributed by atoms with Crippen LogP contribution in [0.5, 0.6) is 0 Å². The van der Waals surface area contributed by atoms with Crippen molar-refractivity contribution in [1.29, 1.82) is 0 Å². The van der Waals surface area contributed by atoms with Crippen LogP contribution in [0.25, 0.3) is 0 Å². The number of ether oxygens (including phenoxy) is 2. The Labute approximate surface area is 192 Å². The molecule has 1 aliphatic heterocycles. The van der Waals surface area contributed by atoms with Crippen molar-refractivity contribution in [2.24, 2.45) is 5.92 Å². The summed E-state index contributed by atoms with van der Waals surface area (Å²) < 4.78 is 16.6. The first-order chi connectivity index (χ1) is 15.0. The fourth-order valence-corrected chi connectivity index (χ4v) is 11.1. The molecule has 7 nitrogen and oxygen atoms in total. The highest BCUT2D eigenvalue weighted by molar-refractivity contribution is 6.77. The average Bonchev–Trinajstić information content (AvgIpc) is 3.02. The first kappa shape index (κ1) is 26.1. The van der Waals surface area contributed by atoms with Gasteiger partial charge in [0.05, 0.1) is 14.2 Å². The minimum Gasteiger partial charge on any atom is -0.468 e. The number of amides is 1. The minimum absolute atomic E-state index is 0.158. The van der Waals surface area contributed by atoms with Crippen molar-refractivity contribution < 1.29 is 28.3 Å². The van der Waals surface area contributed by atoms with Crippen molar-refractivity contribution in [1.82, 2.24) is 0 Å². The molecule has 0 aromatic heterocycles. The number of para-hydroxylation sites is 1. The zero-order chi connectivity index (χ0) is 24.3. The molecule has 0 fully saturated rings. The molecule has 1 aromatic rings. The van der Waals surface area contributed by atoms with Crippen LogP contribution in [0.4, 0.5) is 5.69 Å². The maximum absolute atomic E-state index is 13.4. The SMILES string of the molecule is COC(=O)C(C(=O)OC)[C@]1(CCO[Si](C(C)C)(C(C)C)C(C)C)C(=O)Nc2ccccc21. The molecule has 1 N–H and O–H groups in total. The van der Waals surface area contributed by atoms with E-state index in [0.717, 1.165) is 0 Å². The van der Waals surface area contributed by atoms with Gasteiger partial charge >= 0.3 is 11.9 Å². The number of fused-ring (bicyclic) bond motifs is 1. The van der Waals surface area contributed by atoms with Gasteiger partial charge in [-0.25, -0.2) is 0 Å². The van der Waals surface area contributed by atoms with Crippen LogP contribution in [-0.4, -0.2) is 47.0 Å². The lowest BCUT2D eigenvalue weighted by molar-refractivity contribution is -0.165. The van der Waals surface area contributed by atoms with Crippen molar-refractivity contribution >= 4 is 31.9 Å². The molecule has 1 amide bonds. The Hall–Kier alpha value is -2.19. The number of esters is 2. The molecule has 1 heterocycles. The monoisotopic (exact) mass is 463 g/mol. The van der Waals surface area contributed by atoms with Crippen LogP contribution < -0.4 is 5.32 Å². The Bertz CT molecular complexity index is 815. The summed E-state index contributed by atoms with van der Waals surface area (Å²) in [5, 5.41) is 2.84. The van der Waals surface area contributed by atoms with Crippen molar-refractivity contribution in [3.05, 3.63) is 29.8 Å². The molecule has 0 saturated carbocycles. The molecule has 32 heavy (non-hydrogen) atoms. The fourth-order valence-electron chi connectivity index (χ4n) is 5.64. The summed E-state index contributed by atoms with van der Waals surface area (Å²) in [6, 6.07) is 7.11. The van der Waals surface area contributed by atoms with E-state index >= 15 is 0 Å². The lowest BCUT2D eigenvalue weighted by atomic mass is 9.68. The molecular weight excluding hydrogens is 426 g/mol. The highest BCUT2D eigenvalue weighted by Crippen LogP contribution is 2.48. The third-order valence-corrected chi connectivity index (χ3v) is 13.1. The summed E-state index contributed by atoms with van der Waals surface area (Å²) in [5.74, 6) is -3.46. The molecule has 0 bridgehead atoms. The second kappa shape index (κ2) is 10.2. The molecule has 0 radical (unpaired) electrons. The zero-order valence-corrected chi connectivity index (χ0v) is 21.5. The summed E-state index contributed by atoms with van der Waals surface area (Å²) in [4.78, 5) is 39.0. The Morgan fingerprint density at radius 1 is 0.938 bits per heavy atom. The molecule has 178 valence electrons. The van der Waals surface area contributed by atoms with Crippen molar-refractivity contribution in [2.45, 2.75) is 70.0 Å². The molecule has 1 atom stereocenters. The maximum Gasteiger partial charge on any atom is 0.321 e. The van der Waals surface area contributed by atoms with E-state index < -0.39 is 37.5 Å². The number of anilines is 1. The number of nitrogens with one attached hydrogen (secondary N) is 1. The molecule has 8 heteroatoms. The quantitative estimate of drug-likeness (QED) is 0.314. The normalized spacial score (nSPS) is 18.3. The molecule has 0 saturated heterocycles. The summed E-state index contributed by atoms with van der Waals surface area (Å²) in [6.07, 6.45) is 0.158. The number of carbonyl (C=O) groups excluding carboxylic acids is 3. The van der Waals surface area contributed by atoms with Gasteiger partial charge in [0.2, 0.25) is 5.91 Å². The standard InChI is InChI=1S/C24H37NO6Si/c1-15(2)32(16(3)4,17(5)6)31-14-13-24(20(21(26)29-7)22(27)30-8)18-11-9-10-12-19(18)25-23(24)28/h9-12,15-17,20H,13-14H2,1-8H3,(H,25,28)/t24-/m1/s1. The third kappa shape index (κ3) is 4.22. The first-order valence-corrected chi connectivity index (χ1v) is 13.3. The second-order valence-corrected chi connectivity index (χ2v) is 14.8. The van der Waals surface area contributed by atoms with Crippen LogP contribution in [0.1, 0.15) is 53.5 Å². The number of hydrogen-bond acceptors (Lipinski definition) is 6.